The van der Waals surface area contributed by atoms with Crippen molar-refractivity contribution in [3.8, 4) is 5.75 Å². The lowest BCUT2D eigenvalue weighted by molar-refractivity contribution is 0.218. The van der Waals surface area contributed by atoms with E-state index in [-0.39, 0.29) is 11.7 Å². The molecule has 0 amide bonds. The van der Waals surface area contributed by atoms with Crippen LogP contribution in [0.25, 0.3) is 0 Å². The fourth-order valence-electron chi connectivity index (χ4n) is 1.27. The van der Waals surface area contributed by atoms with Gasteiger partial charge in [-0.15, -0.1) is 0 Å². The minimum Gasteiger partial charge on any atom is -0.489 e. The summed E-state index contributed by atoms with van der Waals surface area (Å²) in [4.78, 5) is 0. The van der Waals surface area contributed by atoms with Crippen molar-refractivity contribution < 1.29 is 13.5 Å². The minimum atomic E-state index is -0.686. The molecule has 0 aliphatic rings. The molecule has 1 unspecified atom stereocenters. The number of halogens is 4. The summed E-state index contributed by atoms with van der Waals surface area (Å²) in [7, 11) is 0. The lowest BCUT2D eigenvalue weighted by Crippen LogP contribution is -2.19. The van der Waals surface area contributed by atoms with Gasteiger partial charge in [0.2, 0.25) is 0 Å². The molecule has 0 aliphatic heterocycles. The molecule has 1 nitrogen and oxygen atoms in total. The summed E-state index contributed by atoms with van der Waals surface area (Å²) in [5.74, 6) is -0.530. The SMILES string of the molecule is CC(C)C(CBr)COc1c(F)cc(F)cc1Br. The van der Waals surface area contributed by atoms with Gasteiger partial charge in [0.1, 0.15) is 5.82 Å². The van der Waals surface area contributed by atoms with Crippen LogP contribution >= 0.6 is 31.9 Å². The first-order valence-electron chi connectivity index (χ1n) is 5.29. The molecule has 17 heavy (non-hydrogen) atoms. The molecule has 1 aromatic carbocycles. The average Bonchev–Trinajstić information content (AvgIpc) is 2.21. The first-order chi connectivity index (χ1) is 7.95. The first kappa shape index (κ1) is 14.9. The maximum atomic E-state index is 13.5. The van der Waals surface area contributed by atoms with E-state index in [4.69, 9.17) is 4.74 Å². The van der Waals surface area contributed by atoms with E-state index in [1.54, 1.807) is 0 Å². The van der Waals surface area contributed by atoms with Crippen molar-refractivity contribution in [2.24, 2.45) is 11.8 Å². The van der Waals surface area contributed by atoms with E-state index in [1.807, 2.05) is 0 Å². The fraction of sp³-hybridized carbons (Fsp3) is 0.500. The van der Waals surface area contributed by atoms with Crippen LogP contribution in [-0.4, -0.2) is 11.9 Å². The zero-order valence-corrected chi connectivity index (χ0v) is 12.8. The molecule has 5 heteroatoms. The molecule has 96 valence electrons. The smallest absolute Gasteiger partial charge is 0.169 e. The molecule has 0 heterocycles. The predicted molar refractivity (Wildman–Crippen MR) is 71.7 cm³/mol. The largest absolute Gasteiger partial charge is 0.489 e. The van der Waals surface area contributed by atoms with Crippen LogP contribution in [0.2, 0.25) is 0 Å². The summed E-state index contributed by atoms with van der Waals surface area (Å²) in [6, 6.07) is 2.01. The zero-order valence-electron chi connectivity index (χ0n) is 9.64. The zero-order chi connectivity index (χ0) is 13.0. The molecule has 1 rings (SSSR count). The number of rotatable bonds is 5. The van der Waals surface area contributed by atoms with Crippen molar-refractivity contribution in [2.45, 2.75) is 13.8 Å². The van der Waals surface area contributed by atoms with Crippen molar-refractivity contribution in [1.29, 1.82) is 0 Å². The maximum Gasteiger partial charge on any atom is 0.169 e. The normalized spacial score (nSPS) is 12.9. The number of benzene rings is 1. The Labute approximate surface area is 117 Å². The second kappa shape index (κ2) is 6.69. The summed E-state index contributed by atoms with van der Waals surface area (Å²) in [6.07, 6.45) is 0. The molecule has 0 aliphatic carbocycles. The van der Waals surface area contributed by atoms with Gasteiger partial charge in [0.25, 0.3) is 0 Å². The predicted octanol–water partition coefficient (Wildman–Crippen LogP) is 4.77. The maximum absolute atomic E-state index is 13.5. The third kappa shape index (κ3) is 4.21. The molecule has 1 aromatic rings. The Hall–Kier alpha value is -0.160. The summed E-state index contributed by atoms with van der Waals surface area (Å²) in [5.41, 5.74) is 0. The van der Waals surface area contributed by atoms with E-state index in [9.17, 15) is 8.78 Å². The average molecular weight is 372 g/mol. The third-order valence-electron chi connectivity index (χ3n) is 2.55. The Morgan fingerprint density at radius 1 is 1.29 bits per heavy atom. The molecule has 1 atom stereocenters. The van der Waals surface area contributed by atoms with Crippen molar-refractivity contribution >= 4 is 31.9 Å². The van der Waals surface area contributed by atoms with E-state index in [2.05, 4.69) is 45.7 Å². The highest BCUT2D eigenvalue weighted by Gasteiger charge is 2.16. The van der Waals surface area contributed by atoms with Crippen molar-refractivity contribution in [2.75, 3.05) is 11.9 Å². The summed E-state index contributed by atoms with van der Waals surface area (Å²) in [6.45, 7) is 4.54. The first-order valence-corrected chi connectivity index (χ1v) is 7.20. The summed E-state index contributed by atoms with van der Waals surface area (Å²) >= 11 is 6.48. The molecule has 0 saturated carbocycles. The van der Waals surface area contributed by atoms with Crippen LogP contribution in [0.1, 0.15) is 13.8 Å². The Balaban J connectivity index is 2.75. The molecule has 0 aromatic heterocycles. The van der Waals surface area contributed by atoms with Crippen LogP contribution in [0.5, 0.6) is 5.75 Å². The molecule has 0 radical (unpaired) electrons. The highest BCUT2D eigenvalue weighted by Crippen LogP contribution is 2.30. The monoisotopic (exact) mass is 370 g/mol. The fourth-order valence-corrected chi connectivity index (χ4v) is 2.73. The van der Waals surface area contributed by atoms with Crippen LogP contribution < -0.4 is 4.74 Å². The van der Waals surface area contributed by atoms with Gasteiger partial charge >= 0.3 is 0 Å². The van der Waals surface area contributed by atoms with Crippen LogP contribution in [0.3, 0.4) is 0 Å². The Bertz CT molecular complexity index is 360. The van der Waals surface area contributed by atoms with Gasteiger partial charge in [0.05, 0.1) is 11.1 Å². The lowest BCUT2D eigenvalue weighted by Gasteiger charge is -2.19. The van der Waals surface area contributed by atoms with E-state index in [0.717, 1.165) is 11.4 Å². The van der Waals surface area contributed by atoms with E-state index in [0.29, 0.717) is 17.0 Å². The third-order valence-corrected chi connectivity index (χ3v) is 3.97. The Morgan fingerprint density at radius 3 is 2.41 bits per heavy atom. The molecule has 0 bridgehead atoms. The summed E-state index contributed by atoms with van der Waals surface area (Å²) in [5, 5.41) is 0.783. The number of ether oxygens (including phenoxy) is 1. The molecule has 0 spiro atoms. The van der Waals surface area contributed by atoms with E-state index < -0.39 is 11.6 Å². The van der Waals surface area contributed by atoms with Crippen LogP contribution in [0, 0.1) is 23.5 Å². The summed E-state index contributed by atoms with van der Waals surface area (Å²) < 4.78 is 32.0. The van der Waals surface area contributed by atoms with Gasteiger partial charge in [-0.1, -0.05) is 29.8 Å². The van der Waals surface area contributed by atoms with Crippen LogP contribution in [0.4, 0.5) is 8.78 Å². The number of hydrogen-bond acceptors (Lipinski definition) is 1. The topological polar surface area (TPSA) is 9.23 Å². The van der Waals surface area contributed by atoms with Gasteiger partial charge in [-0.2, -0.15) is 0 Å². The van der Waals surface area contributed by atoms with E-state index >= 15 is 0 Å². The van der Waals surface area contributed by atoms with Crippen molar-refractivity contribution in [3.05, 3.63) is 28.2 Å². The van der Waals surface area contributed by atoms with Gasteiger partial charge in [-0.25, -0.2) is 8.78 Å². The molecular formula is C12H14Br2F2O. The van der Waals surface area contributed by atoms with Gasteiger partial charge in [-0.3, -0.25) is 0 Å². The van der Waals surface area contributed by atoms with Gasteiger partial charge < -0.3 is 4.74 Å². The highest BCUT2D eigenvalue weighted by molar-refractivity contribution is 9.10. The molecule has 0 saturated heterocycles. The van der Waals surface area contributed by atoms with Gasteiger partial charge in [0.15, 0.2) is 11.6 Å². The van der Waals surface area contributed by atoms with Crippen molar-refractivity contribution in [1.82, 2.24) is 0 Å². The van der Waals surface area contributed by atoms with E-state index in [1.165, 1.54) is 6.07 Å². The molecular weight excluding hydrogens is 358 g/mol. The Kier molecular flexibility index (Phi) is 5.86. The quantitative estimate of drug-likeness (QED) is 0.677. The number of alkyl halides is 1. The molecule has 0 fully saturated rings. The minimum absolute atomic E-state index is 0.0676. The number of hydrogen-bond donors (Lipinski definition) is 0. The standard InChI is InChI=1S/C12H14Br2F2O/c1-7(2)8(5-13)6-17-12-10(14)3-9(15)4-11(12)16/h3-4,7-8H,5-6H2,1-2H3. The molecule has 0 N–H and O–H groups in total. The van der Waals surface area contributed by atoms with Crippen LogP contribution in [-0.2, 0) is 0 Å². The Morgan fingerprint density at radius 2 is 1.94 bits per heavy atom. The van der Waals surface area contributed by atoms with Gasteiger partial charge in [-0.05, 0) is 27.9 Å². The second-order valence-corrected chi connectivity index (χ2v) is 5.67. The lowest BCUT2D eigenvalue weighted by atomic mass is 9.99. The van der Waals surface area contributed by atoms with Gasteiger partial charge in [0, 0.05) is 17.3 Å². The highest BCUT2D eigenvalue weighted by atomic mass is 79.9. The van der Waals surface area contributed by atoms with Crippen LogP contribution in [0.15, 0.2) is 16.6 Å². The second-order valence-electron chi connectivity index (χ2n) is 4.17. The van der Waals surface area contributed by atoms with Crippen molar-refractivity contribution in [3.63, 3.8) is 0 Å².